The first-order chi connectivity index (χ1) is 6.38. The standard InChI is InChI=1S/C9H18N2O2S/c1-9(2,3)13-8(12)11-7-5-14-4-6(7)10/h6-7H,4-5,10H2,1-3H3,(H,11,12)/t6-,7-/m1/s1. The van der Waals surface area contributed by atoms with Gasteiger partial charge in [0, 0.05) is 17.5 Å². The van der Waals surface area contributed by atoms with E-state index in [1.165, 1.54) is 0 Å². The molecule has 14 heavy (non-hydrogen) atoms. The first kappa shape index (κ1) is 11.7. The van der Waals surface area contributed by atoms with Crippen LogP contribution in [0.5, 0.6) is 0 Å². The Balaban J connectivity index is 2.33. The average molecular weight is 218 g/mol. The predicted octanol–water partition coefficient (Wildman–Crippen LogP) is 0.954. The quantitative estimate of drug-likeness (QED) is 0.688. The van der Waals surface area contributed by atoms with Crippen LogP contribution < -0.4 is 11.1 Å². The normalized spacial score (nSPS) is 27.4. The van der Waals surface area contributed by atoms with Crippen LogP contribution in [0.2, 0.25) is 0 Å². The fraction of sp³-hybridized carbons (Fsp3) is 0.889. The van der Waals surface area contributed by atoms with Gasteiger partial charge in [-0.25, -0.2) is 4.79 Å². The Morgan fingerprint density at radius 2 is 2.14 bits per heavy atom. The summed E-state index contributed by atoms with van der Waals surface area (Å²) in [4.78, 5) is 11.4. The highest BCUT2D eigenvalue weighted by molar-refractivity contribution is 7.99. The predicted molar refractivity (Wildman–Crippen MR) is 58.5 cm³/mol. The van der Waals surface area contributed by atoms with Crippen molar-refractivity contribution < 1.29 is 9.53 Å². The van der Waals surface area contributed by atoms with E-state index in [1.807, 2.05) is 20.8 Å². The minimum Gasteiger partial charge on any atom is -0.444 e. The lowest BCUT2D eigenvalue weighted by molar-refractivity contribution is 0.0506. The van der Waals surface area contributed by atoms with Crippen molar-refractivity contribution in [3.05, 3.63) is 0 Å². The third-order valence-electron chi connectivity index (χ3n) is 1.83. The lowest BCUT2D eigenvalue weighted by Crippen LogP contribution is -2.48. The molecule has 3 N–H and O–H groups in total. The molecule has 0 aromatic carbocycles. The van der Waals surface area contributed by atoms with Crippen molar-refractivity contribution in [1.82, 2.24) is 5.32 Å². The third kappa shape index (κ3) is 3.75. The molecular formula is C9H18N2O2S. The number of rotatable bonds is 1. The molecule has 5 heteroatoms. The summed E-state index contributed by atoms with van der Waals surface area (Å²) in [7, 11) is 0. The Bertz CT molecular complexity index is 215. The van der Waals surface area contributed by atoms with Crippen LogP contribution in [0.25, 0.3) is 0 Å². The minimum absolute atomic E-state index is 0.0486. The molecule has 0 aromatic rings. The number of nitrogens with two attached hydrogens (primary N) is 1. The van der Waals surface area contributed by atoms with Crippen molar-refractivity contribution in [2.75, 3.05) is 11.5 Å². The van der Waals surface area contributed by atoms with E-state index in [0.717, 1.165) is 11.5 Å². The van der Waals surface area contributed by atoms with Gasteiger partial charge in [0.2, 0.25) is 0 Å². The van der Waals surface area contributed by atoms with Crippen LogP contribution in [0, 0.1) is 0 Å². The number of ether oxygens (including phenoxy) is 1. The van der Waals surface area contributed by atoms with Gasteiger partial charge in [-0.3, -0.25) is 0 Å². The van der Waals surface area contributed by atoms with Crippen LogP contribution in [0.3, 0.4) is 0 Å². The summed E-state index contributed by atoms with van der Waals surface area (Å²) in [6, 6.07) is 0.0994. The number of thioether (sulfide) groups is 1. The molecule has 1 aliphatic heterocycles. The SMILES string of the molecule is CC(C)(C)OC(=O)N[C@@H]1CSC[C@H]1N. The number of hydrogen-bond acceptors (Lipinski definition) is 4. The molecule has 0 unspecified atom stereocenters. The van der Waals surface area contributed by atoms with Gasteiger partial charge in [0.15, 0.2) is 0 Å². The molecule has 82 valence electrons. The summed E-state index contributed by atoms with van der Waals surface area (Å²) in [6.07, 6.45) is -0.375. The van der Waals surface area contributed by atoms with E-state index in [4.69, 9.17) is 10.5 Å². The van der Waals surface area contributed by atoms with Gasteiger partial charge in [-0.1, -0.05) is 0 Å². The first-order valence-electron chi connectivity index (χ1n) is 4.71. The topological polar surface area (TPSA) is 64.3 Å². The zero-order valence-electron chi connectivity index (χ0n) is 8.87. The number of nitrogens with one attached hydrogen (secondary N) is 1. The van der Waals surface area contributed by atoms with Crippen molar-refractivity contribution in [1.29, 1.82) is 0 Å². The number of hydrogen-bond donors (Lipinski definition) is 2. The highest BCUT2D eigenvalue weighted by Gasteiger charge is 2.27. The van der Waals surface area contributed by atoms with Gasteiger partial charge in [0.1, 0.15) is 5.60 Å². The Labute approximate surface area is 88.9 Å². The fourth-order valence-electron chi connectivity index (χ4n) is 1.18. The molecule has 1 aliphatic rings. The molecule has 4 nitrogen and oxygen atoms in total. The van der Waals surface area contributed by atoms with Gasteiger partial charge in [-0.2, -0.15) is 11.8 Å². The second-order valence-electron chi connectivity index (χ2n) is 4.45. The first-order valence-corrected chi connectivity index (χ1v) is 5.87. The summed E-state index contributed by atoms with van der Waals surface area (Å²) in [6.45, 7) is 5.53. The van der Waals surface area contributed by atoms with Gasteiger partial charge in [0.25, 0.3) is 0 Å². The highest BCUT2D eigenvalue weighted by Crippen LogP contribution is 2.17. The summed E-state index contributed by atoms with van der Waals surface area (Å²) in [5.74, 6) is 1.78. The molecule has 0 radical (unpaired) electrons. The Hall–Kier alpha value is -0.420. The van der Waals surface area contributed by atoms with Gasteiger partial charge in [0.05, 0.1) is 6.04 Å². The number of amides is 1. The van der Waals surface area contributed by atoms with E-state index in [9.17, 15) is 4.79 Å². The number of alkyl carbamates (subject to hydrolysis) is 1. The van der Waals surface area contributed by atoms with E-state index >= 15 is 0 Å². The number of carbonyl (C=O) groups is 1. The van der Waals surface area contributed by atoms with Crippen LogP contribution in [0.4, 0.5) is 4.79 Å². The molecule has 1 amide bonds. The lowest BCUT2D eigenvalue weighted by Gasteiger charge is -2.22. The minimum atomic E-state index is -0.445. The van der Waals surface area contributed by atoms with Crippen LogP contribution in [-0.4, -0.2) is 35.3 Å². The summed E-state index contributed by atoms with van der Waals surface area (Å²) in [5.41, 5.74) is 5.36. The zero-order chi connectivity index (χ0) is 10.8. The molecule has 2 atom stereocenters. The Morgan fingerprint density at radius 1 is 1.50 bits per heavy atom. The molecule has 0 spiro atoms. The molecule has 1 rings (SSSR count). The van der Waals surface area contributed by atoms with Crippen molar-refractivity contribution in [2.45, 2.75) is 38.5 Å². The molecule has 0 aliphatic carbocycles. The fourth-order valence-corrected chi connectivity index (χ4v) is 2.40. The van der Waals surface area contributed by atoms with Gasteiger partial charge >= 0.3 is 6.09 Å². The molecule has 0 saturated carbocycles. The molecule has 0 aromatic heterocycles. The van der Waals surface area contributed by atoms with Crippen molar-refractivity contribution in [3.63, 3.8) is 0 Å². The highest BCUT2D eigenvalue weighted by atomic mass is 32.2. The molecular weight excluding hydrogens is 200 g/mol. The third-order valence-corrected chi connectivity index (χ3v) is 3.04. The van der Waals surface area contributed by atoms with Gasteiger partial charge in [-0.15, -0.1) is 0 Å². The van der Waals surface area contributed by atoms with E-state index in [0.29, 0.717) is 0 Å². The van der Waals surface area contributed by atoms with Crippen LogP contribution in [-0.2, 0) is 4.74 Å². The smallest absolute Gasteiger partial charge is 0.407 e. The Morgan fingerprint density at radius 3 is 2.57 bits per heavy atom. The van der Waals surface area contributed by atoms with E-state index in [1.54, 1.807) is 11.8 Å². The zero-order valence-corrected chi connectivity index (χ0v) is 9.69. The monoisotopic (exact) mass is 218 g/mol. The largest absolute Gasteiger partial charge is 0.444 e. The van der Waals surface area contributed by atoms with Crippen LogP contribution in [0.15, 0.2) is 0 Å². The van der Waals surface area contributed by atoms with Crippen LogP contribution in [0.1, 0.15) is 20.8 Å². The maximum Gasteiger partial charge on any atom is 0.407 e. The van der Waals surface area contributed by atoms with E-state index in [2.05, 4.69) is 5.32 Å². The maximum absolute atomic E-state index is 11.4. The van der Waals surface area contributed by atoms with Gasteiger partial charge in [-0.05, 0) is 20.8 Å². The summed E-state index contributed by atoms with van der Waals surface area (Å²) >= 11 is 1.75. The Kier molecular flexibility index (Phi) is 3.66. The maximum atomic E-state index is 11.4. The summed E-state index contributed by atoms with van der Waals surface area (Å²) in [5, 5.41) is 2.78. The molecule has 1 heterocycles. The molecule has 0 bridgehead atoms. The summed E-state index contributed by atoms with van der Waals surface area (Å²) < 4.78 is 5.13. The van der Waals surface area contributed by atoms with E-state index < -0.39 is 5.60 Å². The van der Waals surface area contributed by atoms with Gasteiger partial charge < -0.3 is 15.8 Å². The lowest BCUT2D eigenvalue weighted by atomic mass is 10.2. The molecule has 1 saturated heterocycles. The average Bonchev–Trinajstić information content (AvgIpc) is 2.32. The molecule has 1 fully saturated rings. The van der Waals surface area contributed by atoms with Crippen molar-refractivity contribution in [2.24, 2.45) is 5.73 Å². The second-order valence-corrected chi connectivity index (χ2v) is 5.53. The van der Waals surface area contributed by atoms with Crippen molar-refractivity contribution in [3.8, 4) is 0 Å². The second kappa shape index (κ2) is 4.40. The number of carbonyl (C=O) groups excluding carboxylic acids is 1. The van der Waals surface area contributed by atoms with Crippen molar-refractivity contribution >= 4 is 17.9 Å². The van der Waals surface area contributed by atoms with E-state index in [-0.39, 0.29) is 18.2 Å². The van der Waals surface area contributed by atoms with Crippen LogP contribution >= 0.6 is 11.8 Å².